The number of imide groups is 1. The number of ether oxygens (including phenoxy) is 1. The smallest absolute Gasteiger partial charge is 1.00 e. The van der Waals surface area contributed by atoms with Crippen LogP contribution >= 0.6 is 0 Å². The molecule has 1 aliphatic rings. The van der Waals surface area contributed by atoms with Crippen LogP contribution in [0.3, 0.4) is 0 Å². The van der Waals surface area contributed by atoms with Crippen LogP contribution in [0.4, 0.5) is 4.79 Å². The summed E-state index contributed by atoms with van der Waals surface area (Å²) in [4.78, 5) is 38.1. The van der Waals surface area contributed by atoms with Crippen LogP contribution < -0.4 is 18.9 Å². The third-order valence-corrected chi connectivity index (χ3v) is 2.37. The molecular weight excluding hydrogens is 245 g/mol. The van der Waals surface area contributed by atoms with Gasteiger partial charge >= 0.3 is 25.0 Å². The Hall–Kier alpha value is -1.77. The molecule has 1 aromatic carbocycles. The molecule has 0 N–H and O–H groups in total. The molecular formula is C12H12LiNO5. The minimum absolute atomic E-state index is 0. The molecule has 6 nitrogen and oxygen atoms in total. The third kappa shape index (κ3) is 4.12. The Kier molecular flexibility index (Phi) is 5.61. The van der Waals surface area contributed by atoms with Gasteiger partial charge in [-0.3, -0.25) is 14.4 Å². The van der Waals surface area contributed by atoms with Crippen molar-refractivity contribution in [3.63, 3.8) is 0 Å². The average Bonchev–Trinajstić information content (AvgIpc) is 2.69. The van der Waals surface area contributed by atoms with Gasteiger partial charge in [-0.2, -0.15) is 0 Å². The minimum atomic E-state index is -1.07. The number of amides is 2. The molecule has 0 atom stereocenters. The molecule has 1 aromatic rings. The maximum Gasteiger partial charge on any atom is 1.00 e. The van der Waals surface area contributed by atoms with E-state index in [9.17, 15) is 14.4 Å². The average molecular weight is 257 g/mol. The quantitative estimate of drug-likeness (QED) is 0.375. The van der Waals surface area contributed by atoms with Gasteiger partial charge in [-0.15, -0.1) is 0 Å². The van der Waals surface area contributed by atoms with Crippen molar-refractivity contribution in [1.82, 2.24) is 5.06 Å². The molecule has 7 heteroatoms. The minimum Gasteiger partial charge on any atom is -1.00 e. The largest absolute Gasteiger partial charge is 1.00 e. The first-order valence-corrected chi connectivity index (χ1v) is 5.41. The van der Waals surface area contributed by atoms with Crippen molar-refractivity contribution in [1.29, 1.82) is 0 Å². The summed E-state index contributed by atoms with van der Waals surface area (Å²) >= 11 is 0. The fourth-order valence-corrected chi connectivity index (χ4v) is 1.48. The zero-order chi connectivity index (χ0) is 13.0. The van der Waals surface area contributed by atoms with Gasteiger partial charge in [0.15, 0.2) is 0 Å². The van der Waals surface area contributed by atoms with E-state index >= 15 is 0 Å². The summed E-state index contributed by atoms with van der Waals surface area (Å²) in [6.45, 7) is 0.0237. The first-order chi connectivity index (χ1) is 8.66. The SMILES string of the molecule is O=C(OCc1ccccc1)ON1C(=O)CCC1=O.[H-].[Li+]. The van der Waals surface area contributed by atoms with Crippen LogP contribution in [0.25, 0.3) is 0 Å². The molecule has 2 rings (SSSR count). The van der Waals surface area contributed by atoms with Crippen molar-refractivity contribution in [2.45, 2.75) is 19.4 Å². The van der Waals surface area contributed by atoms with Crippen LogP contribution in [0.2, 0.25) is 0 Å². The van der Waals surface area contributed by atoms with Crippen LogP contribution in [0, 0.1) is 0 Å². The molecule has 1 heterocycles. The van der Waals surface area contributed by atoms with Crippen molar-refractivity contribution in [3.05, 3.63) is 35.9 Å². The zero-order valence-corrected chi connectivity index (χ0v) is 10.5. The van der Waals surface area contributed by atoms with Gasteiger partial charge in [0.2, 0.25) is 0 Å². The molecule has 0 saturated carbocycles. The van der Waals surface area contributed by atoms with Crippen LogP contribution in [-0.2, 0) is 25.8 Å². The summed E-state index contributed by atoms with van der Waals surface area (Å²) in [6.07, 6.45) is -0.947. The van der Waals surface area contributed by atoms with Crippen molar-refractivity contribution >= 4 is 18.0 Å². The molecule has 0 unspecified atom stereocenters. The van der Waals surface area contributed by atoms with Crippen LogP contribution in [-0.4, -0.2) is 23.0 Å². The maximum absolute atomic E-state index is 11.3. The molecule has 0 aliphatic carbocycles. The fourth-order valence-electron chi connectivity index (χ4n) is 1.48. The van der Waals surface area contributed by atoms with Crippen molar-refractivity contribution < 1.29 is 44.2 Å². The molecule has 96 valence electrons. The Balaban J connectivity index is 0.00000180. The number of rotatable bonds is 3. The van der Waals surface area contributed by atoms with Crippen LogP contribution in [0.15, 0.2) is 30.3 Å². The van der Waals surface area contributed by atoms with Gasteiger partial charge in [0.25, 0.3) is 11.8 Å². The van der Waals surface area contributed by atoms with E-state index in [1.165, 1.54) is 0 Å². The number of carbonyl (C=O) groups is 3. The number of benzene rings is 1. The Labute approximate surface area is 123 Å². The molecule has 0 bridgehead atoms. The Morgan fingerprint density at radius 2 is 1.74 bits per heavy atom. The summed E-state index contributed by atoms with van der Waals surface area (Å²) < 4.78 is 4.78. The van der Waals surface area contributed by atoms with Gasteiger partial charge in [0.1, 0.15) is 6.61 Å². The van der Waals surface area contributed by atoms with E-state index in [1.807, 2.05) is 6.07 Å². The second-order valence-electron chi connectivity index (χ2n) is 3.70. The van der Waals surface area contributed by atoms with Gasteiger partial charge in [0.05, 0.1) is 0 Å². The van der Waals surface area contributed by atoms with E-state index in [0.717, 1.165) is 5.56 Å². The van der Waals surface area contributed by atoms with E-state index in [4.69, 9.17) is 4.74 Å². The van der Waals surface area contributed by atoms with E-state index in [2.05, 4.69) is 4.84 Å². The van der Waals surface area contributed by atoms with Gasteiger partial charge in [-0.25, -0.2) is 4.79 Å². The first kappa shape index (κ1) is 15.3. The molecule has 19 heavy (non-hydrogen) atoms. The molecule has 0 spiro atoms. The Morgan fingerprint density at radius 3 is 2.32 bits per heavy atom. The molecule has 0 aromatic heterocycles. The summed E-state index contributed by atoms with van der Waals surface area (Å²) in [5.74, 6) is -1.06. The van der Waals surface area contributed by atoms with Gasteiger partial charge in [-0.1, -0.05) is 35.4 Å². The molecule has 1 fully saturated rings. The standard InChI is InChI=1S/C12H11NO5.Li.H/c14-10-6-7-11(15)13(10)18-12(16)17-8-9-4-2-1-3-5-9;;/h1-5H,6-8H2;;/q;+1;-1. The van der Waals surface area contributed by atoms with Crippen molar-refractivity contribution in [2.24, 2.45) is 0 Å². The van der Waals surface area contributed by atoms with Crippen LogP contribution in [0.5, 0.6) is 0 Å². The summed E-state index contributed by atoms with van der Waals surface area (Å²) in [6, 6.07) is 9.00. The monoisotopic (exact) mass is 257 g/mol. The second-order valence-corrected chi connectivity index (χ2v) is 3.70. The van der Waals surface area contributed by atoms with Gasteiger partial charge < -0.3 is 6.16 Å². The summed E-state index contributed by atoms with van der Waals surface area (Å²) in [5, 5.41) is 0.452. The number of hydrogen-bond donors (Lipinski definition) is 0. The predicted molar refractivity (Wildman–Crippen MR) is 59.9 cm³/mol. The number of nitrogens with zero attached hydrogens (tertiary/aromatic N) is 1. The van der Waals surface area contributed by atoms with E-state index in [0.29, 0.717) is 5.06 Å². The van der Waals surface area contributed by atoms with Crippen molar-refractivity contribution in [3.8, 4) is 0 Å². The van der Waals surface area contributed by atoms with Crippen molar-refractivity contribution in [2.75, 3.05) is 0 Å². The molecule has 1 aliphatic heterocycles. The summed E-state index contributed by atoms with van der Waals surface area (Å²) in [5.41, 5.74) is 0.786. The van der Waals surface area contributed by atoms with E-state index in [-0.39, 0.29) is 39.7 Å². The number of hydrogen-bond acceptors (Lipinski definition) is 5. The van der Waals surface area contributed by atoms with E-state index in [1.54, 1.807) is 24.3 Å². The Bertz CT molecular complexity index is 466. The predicted octanol–water partition coefficient (Wildman–Crippen LogP) is -1.48. The zero-order valence-electron chi connectivity index (χ0n) is 11.5. The van der Waals surface area contributed by atoms with Crippen LogP contribution in [0.1, 0.15) is 19.8 Å². The van der Waals surface area contributed by atoms with Gasteiger partial charge in [0, 0.05) is 12.8 Å². The van der Waals surface area contributed by atoms with Gasteiger partial charge in [-0.05, 0) is 5.56 Å². The molecule has 1 saturated heterocycles. The molecule has 0 radical (unpaired) electrons. The van der Waals surface area contributed by atoms with E-state index < -0.39 is 18.0 Å². The molecule has 2 amide bonds. The summed E-state index contributed by atoms with van der Waals surface area (Å²) in [7, 11) is 0. The third-order valence-electron chi connectivity index (χ3n) is 2.37. The normalized spacial score (nSPS) is 14.0. The Morgan fingerprint density at radius 1 is 1.16 bits per heavy atom. The number of carbonyl (C=O) groups excluding carboxylic acids is 3. The second kappa shape index (κ2) is 6.97. The first-order valence-electron chi connectivity index (χ1n) is 5.41. The maximum atomic E-state index is 11.3. The number of hydroxylamine groups is 2. The fraction of sp³-hybridized carbons (Fsp3) is 0.250. The topological polar surface area (TPSA) is 72.9 Å².